The molecule has 3 aromatic carbocycles. The number of hydrogen-bond acceptors (Lipinski definition) is 8. The molecule has 0 aliphatic rings. The lowest BCUT2D eigenvalue weighted by molar-refractivity contribution is -0.0364. The maximum Gasteiger partial charge on any atom is 0.342 e. The topological polar surface area (TPSA) is 131 Å². The molecular formula is C26H28FNO8S. The van der Waals surface area contributed by atoms with Gasteiger partial charge in [0.05, 0.1) is 23.8 Å². The van der Waals surface area contributed by atoms with Crippen molar-refractivity contribution in [3.8, 4) is 22.6 Å². The van der Waals surface area contributed by atoms with Crippen molar-refractivity contribution in [3.63, 3.8) is 0 Å². The first-order valence-corrected chi connectivity index (χ1v) is 12.9. The Morgan fingerprint density at radius 2 is 1.65 bits per heavy atom. The summed E-state index contributed by atoms with van der Waals surface area (Å²) in [5.74, 6) is -2.11. The smallest absolute Gasteiger partial charge is 0.342 e. The monoisotopic (exact) mass is 533 g/mol. The molecule has 37 heavy (non-hydrogen) atoms. The summed E-state index contributed by atoms with van der Waals surface area (Å²) in [7, 11) is -4.14. The third-order valence-corrected chi connectivity index (χ3v) is 6.55. The van der Waals surface area contributed by atoms with Gasteiger partial charge in [-0.1, -0.05) is 12.1 Å². The molecule has 3 N–H and O–H groups in total. The van der Waals surface area contributed by atoms with Crippen molar-refractivity contribution in [3.05, 3.63) is 72.0 Å². The van der Waals surface area contributed by atoms with Crippen LogP contribution in [0, 0.1) is 5.82 Å². The first kappa shape index (κ1) is 27.9. The van der Waals surface area contributed by atoms with Crippen molar-refractivity contribution in [2.24, 2.45) is 0 Å². The molecule has 0 atom stereocenters. The number of rotatable bonds is 12. The third-order valence-electron chi connectivity index (χ3n) is 5.17. The van der Waals surface area contributed by atoms with E-state index in [1.165, 1.54) is 42.5 Å². The van der Waals surface area contributed by atoms with Crippen LogP contribution in [0.3, 0.4) is 0 Å². The predicted molar refractivity (Wildman–Crippen MR) is 135 cm³/mol. The molecule has 0 aromatic heterocycles. The van der Waals surface area contributed by atoms with Crippen molar-refractivity contribution < 1.29 is 42.0 Å². The molecule has 0 saturated heterocycles. The molecule has 198 valence electrons. The molecule has 11 heteroatoms. The third kappa shape index (κ3) is 7.42. The van der Waals surface area contributed by atoms with Gasteiger partial charge in [-0.25, -0.2) is 17.6 Å². The van der Waals surface area contributed by atoms with Gasteiger partial charge in [0.2, 0.25) is 0 Å². The van der Waals surface area contributed by atoms with Gasteiger partial charge in [-0.15, -0.1) is 0 Å². The fraction of sp³-hybridized carbons (Fsp3) is 0.269. The second kappa shape index (κ2) is 12.5. The van der Waals surface area contributed by atoms with E-state index >= 15 is 0 Å². The van der Waals surface area contributed by atoms with Crippen LogP contribution in [-0.4, -0.2) is 57.1 Å². The summed E-state index contributed by atoms with van der Waals surface area (Å²) in [5.41, 5.74) is 0.247. The molecule has 3 aromatic rings. The summed E-state index contributed by atoms with van der Waals surface area (Å²) in [6.07, 6.45) is -0.685. The fourth-order valence-corrected chi connectivity index (χ4v) is 4.48. The second-order valence-corrected chi connectivity index (χ2v) is 9.56. The number of sulfonamides is 1. The molecule has 0 bridgehead atoms. The summed E-state index contributed by atoms with van der Waals surface area (Å²) in [6.45, 7) is 4.68. The number of carbonyl (C=O) groups excluding carboxylic acids is 1. The minimum Gasteiger partial charge on any atom is -0.507 e. The highest BCUT2D eigenvalue weighted by atomic mass is 32.2. The van der Waals surface area contributed by atoms with Crippen molar-refractivity contribution in [2.45, 2.75) is 24.8 Å². The Morgan fingerprint density at radius 3 is 2.30 bits per heavy atom. The minimum absolute atomic E-state index is 0.00626. The van der Waals surface area contributed by atoms with Crippen LogP contribution >= 0.6 is 0 Å². The molecular weight excluding hydrogens is 505 g/mol. The van der Waals surface area contributed by atoms with E-state index in [2.05, 4.69) is 4.72 Å². The highest BCUT2D eigenvalue weighted by Crippen LogP contribution is 2.32. The van der Waals surface area contributed by atoms with E-state index in [0.29, 0.717) is 13.2 Å². The van der Waals surface area contributed by atoms with Crippen molar-refractivity contribution in [1.29, 1.82) is 0 Å². The molecule has 3 rings (SSSR count). The number of nitrogens with one attached hydrogen (secondary N) is 1. The molecule has 9 nitrogen and oxygen atoms in total. The number of ether oxygens (including phenoxy) is 3. The first-order chi connectivity index (χ1) is 17.6. The highest BCUT2D eigenvalue weighted by Gasteiger charge is 2.21. The maximum absolute atomic E-state index is 13.7. The van der Waals surface area contributed by atoms with E-state index < -0.39 is 33.7 Å². The van der Waals surface area contributed by atoms with E-state index in [0.717, 1.165) is 18.2 Å². The van der Waals surface area contributed by atoms with Crippen LogP contribution in [-0.2, 0) is 24.2 Å². The average molecular weight is 534 g/mol. The minimum atomic E-state index is -4.14. The van der Waals surface area contributed by atoms with Crippen LogP contribution in [0.15, 0.2) is 65.6 Å². The molecule has 0 aliphatic heterocycles. The SMILES string of the molecule is CCOCC(COCC)OC(=O)c1ccc(NS(=O)(=O)c2cccc(-c3cc(F)ccc3O)c2)cc1O. The second-order valence-electron chi connectivity index (χ2n) is 7.87. The van der Waals surface area contributed by atoms with Crippen LogP contribution in [0.2, 0.25) is 0 Å². The van der Waals surface area contributed by atoms with E-state index in [1.54, 1.807) is 13.8 Å². The van der Waals surface area contributed by atoms with Gasteiger partial charge >= 0.3 is 5.97 Å². The summed E-state index contributed by atoms with van der Waals surface area (Å²) in [6, 6.07) is 12.6. The number of hydrogen-bond donors (Lipinski definition) is 3. The largest absolute Gasteiger partial charge is 0.507 e. The van der Waals surface area contributed by atoms with Crippen LogP contribution < -0.4 is 4.72 Å². The fourth-order valence-electron chi connectivity index (χ4n) is 3.38. The highest BCUT2D eigenvalue weighted by molar-refractivity contribution is 7.92. The van der Waals surface area contributed by atoms with E-state index in [-0.39, 0.29) is 46.2 Å². The zero-order valence-electron chi connectivity index (χ0n) is 20.3. The summed E-state index contributed by atoms with van der Waals surface area (Å²) < 4.78 is 57.9. The molecule has 0 amide bonds. The summed E-state index contributed by atoms with van der Waals surface area (Å²) in [5, 5.41) is 20.4. The van der Waals surface area contributed by atoms with Gasteiger partial charge in [0.15, 0.2) is 0 Å². The Morgan fingerprint density at radius 1 is 0.946 bits per heavy atom. The lowest BCUT2D eigenvalue weighted by Gasteiger charge is -2.18. The number of carbonyl (C=O) groups is 1. The van der Waals surface area contributed by atoms with E-state index in [4.69, 9.17) is 14.2 Å². The number of aromatic hydroxyl groups is 2. The number of esters is 1. The Bertz CT molecular complexity index is 1340. The van der Waals surface area contributed by atoms with Gasteiger partial charge in [-0.05, 0) is 61.9 Å². The van der Waals surface area contributed by atoms with Crippen LogP contribution in [0.4, 0.5) is 10.1 Å². The number of phenolic OH excluding ortho intramolecular Hbond substituents is 2. The van der Waals surface area contributed by atoms with Crippen LogP contribution in [0.5, 0.6) is 11.5 Å². The summed E-state index contributed by atoms with van der Waals surface area (Å²) in [4.78, 5) is 12.4. The van der Waals surface area contributed by atoms with Crippen molar-refractivity contribution in [1.82, 2.24) is 0 Å². The molecule has 0 saturated carbocycles. The van der Waals surface area contributed by atoms with Gasteiger partial charge in [0.25, 0.3) is 10.0 Å². The molecule has 0 radical (unpaired) electrons. The quantitative estimate of drug-likeness (QED) is 0.294. The normalized spacial score (nSPS) is 11.5. The molecule has 0 heterocycles. The Balaban J connectivity index is 1.77. The predicted octanol–water partition coefficient (Wildman–Crippen LogP) is 4.30. The Hall–Kier alpha value is -3.67. The van der Waals surface area contributed by atoms with Gasteiger partial charge in [-0.2, -0.15) is 0 Å². The first-order valence-electron chi connectivity index (χ1n) is 11.5. The van der Waals surface area contributed by atoms with Crippen LogP contribution in [0.25, 0.3) is 11.1 Å². The number of anilines is 1. The standard InChI is InChI=1S/C26H28FNO8S/c1-3-34-15-20(16-35-4-2)36-26(31)22-10-9-19(14-25(22)30)28-37(32,33)21-7-5-6-17(12-21)23-13-18(27)8-11-24(23)29/h5-14,20,28-30H,3-4,15-16H2,1-2H3. The lowest BCUT2D eigenvalue weighted by atomic mass is 10.0. The van der Waals surface area contributed by atoms with Gasteiger partial charge in [0.1, 0.15) is 29.0 Å². The summed E-state index contributed by atoms with van der Waals surface area (Å²) >= 11 is 0. The molecule has 0 spiro atoms. The molecule has 0 fully saturated rings. The van der Waals surface area contributed by atoms with E-state index in [9.17, 15) is 27.8 Å². The number of phenols is 2. The van der Waals surface area contributed by atoms with Gasteiger partial charge in [-0.3, -0.25) is 4.72 Å². The molecule has 0 unspecified atom stereocenters. The van der Waals surface area contributed by atoms with E-state index in [1.807, 2.05) is 0 Å². The Labute approximate surface area is 214 Å². The maximum atomic E-state index is 13.7. The number of halogens is 1. The Kier molecular flexibility index (Phi) is 9.45. The van der Waals surface area contributed by atoms with Crippen LogP contribution in [0.1, 0.15) is 24.2 Å². The lowest BCUT2D eigenvalue weighted by Crippen LogP contribution is -2.28. The molecule has 0 aliphatic carbocycles. The van der Waals surface area contributed by atoms with Gasteiger partial charge in [0, 0.05) is 24.8 Å². The van der Waals surface area contributed by atoms with Crippen molar-refractivity contribution >= 4 is 21.7 Å². The van der Waals surface area contributed by atoms with Crippen molar-refractivity contribution in [2.75, 3.05) is 31.1 Å². The number of benzene rings is 3. The average Bonchev–Trinajstić information content (AvgIpc) is 2.87. The zero-order chi connectivity index (χ0) is 27.0. The zero-order valence-corrected chi connectivity index (χ0v) is 21.1. The van der Waals surface area contributed by atoms with Gasteiger partial charge < -0.3 is 24.4 Å².